The van der Waals surface area contributed by atoms with Crippen molar-refractivity contribution in [3.05, 3.63) is 24.3 Å². The Labute approximate surface area is 192 Å². The van der Waals surface area contributed by atoms with Crippen LogP contribution >= 0.6 is 0 Å². The molecule has 0 bridgehead atoms. The summed E-state index contributed by atoms with van der Waals surface area (Å²) in [4.78, 5) is 12.1. The van der Waals surface area contributed by atoms with Gasteiger partial charge in [0.2, 0.25) is 6.29 Å². The third kappa shape index (κ3) is 15.3. The predicted octanol–water partition coefficient (Wildman–Crippen LogP) is 7.24. The molecule has 0 aliphatic heterocycles. The maximum Gasteiger partial charge on any atom is 0.308 e. The number of hydrogen-bond donors (Lipinski definition) is 2. The maximum atomic E-state index is 12.1. The van der Waals surface area contributed by atoms with Crippen LogP contribution in [0.3, 0.4) is 0 Å². The normalized spacial score (nSPS) is 14.9. The van der Waals surface area contributed by atoms with Gasteiger partial charge in [0, 0.05) is 6.42 Å². The molecule has 0 aromatic heterocycles. The van der Waals surface area contributed by atoms with E-state index in [0.717, 1.165) is 44.9 Å². The van der Waals surface area contributed by atoms with Gasteiger partial charge in [-0.3, -0.25) is 4.79 Å². The third-order valence-electron chi connectivity index (χ3n) is 6.15. The number of aliphatic hydroxyl groups excluding tert-OH is 2. The summed E-state index contributed by atoms with van der Waals surface area (Å²) in [5.41, 5.74) is -0.732. The van der Waals surface area contributed by atoms with E-state index in [2.05, 4.69) is 38.2 Å². The number of allylic oxidation sites excluding steroid dienone is 4. The molecule has 0 heterocycles. The van der Waals surface area contributed by atoms with Crippen molar-refractivity contribution in [2.45, 2.75) is 130 Å². The minimum Gasteiger partial charge on any atom is -0.435 e. The lowest BCUT2D eigenvalue weighted by Gasteiger charge is -2.34. The highest BCUT2D eigenvalue weighted by Crippen LogP contribution is 2.33. The number of ether oxygens (including phenoxy) is 1. The first-order valence-corrected chi connectivity index (χ1v) is 12.8. The molecule has 0 aromatic carbocycles. The van der Waals surface area contributed by atoms with Crippen molar-refractivity contribution in [2.24, 2.45) is 5.41 Å². The highest BCUT2D eigenvalue weighted by atomic mass is 16.6. The van der Waals surface area contributed by atoms with E-state index in [-0.39, 0.29) is 12.6 Å². The minimum absolute atomic E-state index is 0.165. The molecule has 0 aromatic rings. The van der Waals surface area contributed by atoms with E-state index in [4.69, 9.17) is 4.74 Å². The monoisotopic (exact) mass is 438 g/mol. The largest absolute Gasteiger partial charge is 0.435 e. The Morgan fingerprint density at radius 2 is 1.42 bits per heavy atom. The highest BCUT2D eigenvalue weighted by molar-refractivity contribution is 5.69. The molecule has 4 nitrogen and oxygen atoms in total. The molecule has 0 aliphatic carbocycles. The topological polar surface area (TPSA) is 66.8 Å². The Morgan fingerprint density at radius 1 is 0.839 bits per heavy atom. The fourth-order valence-electron chi connectivity index (χ4n) is 3.66. The molecule has 0 rings (SSSR count). The molecule has 0 spiro atoms. The molecule has 2 atom stereocenters. The van der Waals surface area contributed by atoms with Gasteiger partial charge in [0.25, 0.3) is 0 Å². The molecule has 0 radical (unpaired) electrons. The molecule has 0 saturated carbocycles. The van der Waals surface area contributed by atoms with Crippen LogP contribution in [0.2, 0.25) is 0 Å². The fourth-order valence-corrected chi connectivity index (χ4v) is 3.66. The van der Waals surface area contributed by atoms with Crippen LogP contribution in [0.4, 0.5) is 0 Å². The lowest BCUT2D eigenvalue weighted by Crippen LogP contribution is -2.41. The predicted molar refractivity (Wildman–Crippen MR) is 131 cm³/mol. The first-order valence-electron chi connectivity index (χ1n) is 12.8. The van der Waals surface area contributed by atoms with E-state index in [1.54, 1.807) is 0 Å². The summed E-state index contributed by atoms with van der Waals surface area (Å²) in [6, 6.07) is 0. The first kappa shape index (κ1) is 29.9. The molecular weight excluding hydrogens is 388 g/mol. The van der Waals surface area contributed by atoms with Gasteiger partial charge in [-0.15, -0.1) is 0 Å². The summed E-state index contributed by atoms with van der Waals surface area (Å²) in [7, 11) is 0. The summed E-state index contributed by atoms with van der Waals surface area (Å²) < 4.78 is 5.26. The van der Waals surface area contributed by atoms with E-state index >= 15 is 0 Å². The van der Waals surface area contributed by atoms with Crippen LogP contribution in [0.1, 0.15) is 124 Å². The van der Waals surface area contributed by atoms with Crippen molar-refractivity contribution in [3.63, 3.8) is 0 Å². The van der Waals surface area contributed by atoms with Crippen LogP contribution < -0.4 is 0 Å². The van der Waals surface area contributed by atoms with Crippen molar-refractivity contribution >= 4 is 5.97 Å². The van der Waals surface area contributed by atoms with Gasteiger partial charge in [0.15, 0.2) is 0 Å². The number of aliphatic hydroxyl groups is 2. The number of carbonyl (C=O) groups is 1. The Hall–Kier alpha value is -1.13. The average Bonchev–Trinajstić information content (AvgIpc) is 2.77. The van der Waals surface area contributed by atoms with Crippen molar-refractivity contribution in [1.29, 1.82) is 0 Å². The number of carbonyl (C=O) groups excluding carboxylic acids is 1. The zero-order valence-corrected chi connectivity index (χ0v) is 20.6. The van der Waals surface area contributed by atoms with Crippen molar-refractivity contribution in [3.8, 4) is 0 Å². The summed E-state index contributed by atoms with van der Waals surface area (Å²) in [6.45, 7) is 6.06. The van der Waals surface area contributed by atoms with E-state index in [0.29, 0.717) is 19.3 Å². The molecule has 2 unspecified atom stereocenters. The van der Waals surface area contributed by atoms with Gasteiger partial charge in [0.1, 0.15) is 0 Å². The molecule has 0 fully saturated rings. The second-order valence-electron chi connectivity index (χ2n) is 8.80. The van der Waals surface area contributed by atoms with Gasteiger partial charge >= 0.3 is 5.97 Å². The number of esters is 1. The standard InChI is InChI=1S/C27H50O4/c1-4-7-9-10-11-12-13-14-15-16-17-18-19-20-21-22-25(29)31-26(30)27(6-3,24-28)23-8-5-2/h11-12,14-15,26,28,30H,4-10,13,16-24H2,1-3H3/b12-11-,15-14-. The molecule has 0 amide bonds. The molecule has 0 saturated heterocycles. The average molecular weight is 439 g/mol. The Balaban J connectivity index is 3.78. The second kappa shape index (κ2) is 20.8. The Kier molecular flexibility index (Phi) is 20.0. The van der Waals surface area contributed by atoms with E-state index < -0.39 is 11.7 Å². The zero-order chi connectivity index (χ0) is 23.2. The molecular formula is C27H50O4. The van der Waals surface area contributed by atoms with Gasteiger partial charge < -0.3 is 14.9 Å². The lowest BCUT2D eigenvalue weighted by atomic mass is 9.80. The molecule has 2 N–H and O–H groups in total. The van der Waals surface area contributed by atoms with Crippen LogP contribution in [0, 0.1) is 5.41 Å². The van der Waals surface area contributed by atoms with Crippen LogP contribution in [0.5, 0.6) is 0 Å². The van der Waals surface area contributed by atoms with E-state index in [9.17, 15) is 15.0 Å². The SMILES string of the molecule is CCCCC/C=C\C/C=C\CCCCCCCC(=O)OC(O)C(CC)(CO)CCCC. The fraction of sp³-hybridized carbons (Fsp3) is 0.815. The van der Waals surface area contributed by atoms with Crippen LogP contribution in [0.25, 0.3) is 0 Å². The maximum absolute atomic E-state index is 12.1. The summed E-state index contributed by atoms with van der Waals surface area (Å²) in [6.07, 6.45) is 23.9. The number of unbranched alkanes of at least 4 members (excludes halogenated alkanes) is 9. The smallest absolute Gasteiger partial charge is 0.308 e. The molecule has 182 valence electrons. The lowest BCUT2D eigenvalue weighted by molar-refractivity contribution is -0.202. The van der Waals surface area contributed by atoms with Gasteiger partial charge in [-0.05, 0) is 51.4 Å². The van der Waals surface area contributed by atoms with E-state index in [1.807, 2.05) is 6.92 Å². The first-order chi connectivity index (χ1) is 15.1. The second-order valence-corrected chi connectivity index (χ2v) is 8.80. The van der Waals surface area contributed by atoms with Gasteiger partial charge in [-0.1, -0.05) is 90.0 Å². The zero-order valence-electron chi connectivity index (χ0n) is 20.6. The van der Waals surface area contributed by atoms with Gasteiger partial charge in [0.05, 0.1) is 12.0 Å². The Morgan fingerprint density at radius 3 is 2.00 bits per heavy atom. The quantitative estimate of drug-likeness (QED) is 0.0857. The molecule has 4 heteroatoms. The van der Waals surface area contributed by atoms with Crippen molar-refractivity contribution in [2.75, 3.05) is 6.61 Å². The van der Waals surface area contributed by atoms with Crippen LogP contribution in [0.15, 0.2) is 24.3 Å². The summed E-state index contributed by atoms with van der Waals surface area (Å²) >= 11 is 0. The van der Waals surface area contributed by atoms with Crippen molar-refractivity contribution in [1.82, 2.24) is 0 Å². The molecule has 31 heavy (non-hydrogen) atoms. The summed E-state index contributed by atoms with van der Waals surface area (Å²) in [5, 5.41) is 20.1. The van der Waals surface area contributed by atoms with Crippen molar-refractivity contribution < 1.29 is 19.7 Å². The number of rotatable bonds is 21. The Bertz CT molecular complexity index is 466. The highest BCUT2D eigenvalue weighted by Gasteiger charge is 2.37. The molecule has 0 aliphatic rings. The van der Waals surface area contributed by atoms with Gasteiger partial charge in [-0.25, -0.2) is 0 Å². The van der Waals surface area contributed by atoms with E-state index in [1.165, 1.54) is 38.5 Å². The van der Waals surface area contributed by atoms with Gasteiger partial charge in [-0.2, -0.15) is 0 Å². The third-order valence-corrected chi connectivity index (χ3v) is 6.15. The van der Waals surface area contributed by atoms with Crippen LogP contribution in [-0.2, 0) is 9.53 Å². The number of hydrogen-bond acceptors (Lipinski definition) is 4. The minimum atomic E-state index is -1.22. The van der Waals surface area contributed by atoms with Crippen LogP contribution in [-0.4, -0.2) is 29.1 Å². The summed E-state index contributed by atoms with van der Waals surface area (Å²) in [5.74, 6) is -0.360.